The Morgan fingerprint density at radius 3 is 2.44 bits per heavy atom. The zero-order chi connectivity index (χ0) is 17.7. The molecule has 1 aromatic carbocycles. The van der Waals surface area contributed by atoms with Gasteiger partial charge in [0.1, 0.15) is 13.4 Å². The van der Waals surface area contributed by atoms with Gasteiger partial charge < -0.3 is 25.2 Å². The first-order valence-corrected chi connectivity index (χ1v) is 8.98. The molecule has 0 bridgehead atoms. The third kappa shape index (κ3) is 6.34. The molecule has 4 N–H and O–H groups in total. The van der Waals surface area contributed by atoms with Crippen molar-refractivity contribution in [3.8, 4) is 0 Å². The van der Waals surface area contributed by atoms with Crippen molar-refractivity contribution in [3.05, 3.63) is 58.6 Å². The molecule has 0 saturated heterocycles. The van der Waals surface area contributed by atoms with E-state index in [1.165, 1.54) is 16.8 Å². The van der Waals surface area contributed by atoms with E-state index < -0.39 is 24.9 Å². The normalized spacial score (nSPS) is 15.6. The number of aromatic nitrogens is 2. The van der Waals surface area contributed by atoms with Gasteiger partial charge in [-0.15, -0.1) is 0 Å². The zero-order valence-electron chi connectivity index (χ0n) is 13.9. The van der Waals surface area contributed by atoms with Gasteiger partial charge in [0.05, 0.1) is 0 Å². The van der Waals surface area contributed by atoms with Crippen LogP contribution < -0.4 is 45.9 Å². The SMILES string of the molecule is Nc1ccn(CC(CO)CC(c2ccccc2)P(=O)([O-])O)c(=O)n1.[Na+]. The predicted molar refractivity (Wildman–Crippen MR) is 87.1 cm³/mol. The Balaban J connectivity index is 0.00000312. The Kier molecular flexibility index (Phi) is 8.50. The van der Waals surface area contributed by atoms with Crippen molar-refractivity contribution in [3.63, 3.8) is 0 Å². The first-order valence-electron chi connectivity index (χ1n) is 7.33. The van der Waals surface area contributed by atoms with Crippen LogP contribution in [0.2, 0.25) is 0 Å². The van der Waals surface area contributed by atoms with Gasteiger partial charge in [-0.3, -0.25) is 4.57 Å². The molecule has 2 aromatic rings. The smallest absolute Gasteiger partial charge is 0.778 e. The molecule has 25 heavy (non-hydrogen) atoms. The van der Waals surface area contributed by atoms with E-state index in [9.17, 15) is 24.3 Å². The molecule has 3 atom stereocenters. The van der Waals surface area contributed by atoms with Crippen LogP contribution in [-0.4, -0.2) is 26.2 Å². The molecule has 130 valence electrons. The third-order valence-corrected chi connectivity index (χ3v) is 5.04. The number of hydrogen-bond donors (Lipinski definition) is 3. The van der Waals surface area contributed by atoms with Gasteiger partial charge >= 0.3 is 35.2 Å². The Bertz CT molecular complexity index is 780. The summed E-state index contributed by atoms with van der Waals surface area (Å²) in [5.74, 6) is -0.480. The summed E-state index contributed by atoms with van der Waals surface area (Å²) < 4.78 is 13.0. The first-order chi connectivity index (χ1) is 11.3. The van der Waals surface area contributed by atoms with E-state index in [1.807, 2.05) is 0 Å². The van der Waals surface area contributed by atoms with Crippen LogP contribution in [0, 0.1) is 5.92 Å². The van der Waals surface area contributed by atoms with Gasteiger partial charge in [-0.1, -0.05) is 30.3 Å². The standard InChI is InChI=1S/C15H20N3O5P.Na/c16-14-6-7-18(15(20)17-14)9-11(10-19)8-13(24(21,22)23)12-4-2-1-3-5-12;/h1-7,11,13,19H,8-10H2,(H2,16,17,20)(H2,21,22,23);/q;+1/p-1. The molecule has 0 aliphatic heterocycles. The van der Waals surface area contributed by atoms with Crippen LogP contribution in [0.15, 0.2) is 47.4 Å². The third-order valence-electron chi connectivity index (χ3n) is 3.74. The van der Waals surface area contributed by atoms with Crippen molar-refractivity contribution in [1.82, 2.24) is 9.55 Å². The Labute approximate surface area is 167 Å². The van der Waals surface area contributed by atoms with Crippen molar-refractivity contribution in [2.75, 3.05) is 12.3 Å². The number of hydrogen-bond acceptors (Lipinski definition) is 6. The Morgan fingerprint density at radius 2 is 1.92 bits per heavy atom. The van der Waals surface area contributed by atoms with E-state index in [2.05, 4.69) is 4.98 Å². The maximum Gasteiger partial charge on any atom is 1.00 e. The van der Waals surface area contributed by atoms with Gasteiger partial charge in [0.15, 0.2) is 0 Å². The number of nitrogens with two attached hydrogens (primary N) is 1. The van der Waals surface area contributed by atoms with Gasteiger partial charge in [0, 0.05) is 30.9 Å². The molecule has 0 aliphatic rings. The Morgan fingerprint density at radius 1 is 1.28 bits per heavy atom. The van der Waals surface area contributed by atoms with Crippen LogP contribution in [-0.2, 0) is 11.1 Å². The maximum absolute atomic E-state index is 11.8. The molecule has 0 fully saturated rings. The predicted octanol–water partition coefficient (Wildman–Crippen LogP) is -2.88. The summed E-state index contributed by atoms with van der Waals surface area (Å²) in [7, 11) is -4.67. The largest absolute Gasteiger partial charge is 1.00 e. The number of nitrogen functional groups attached to an aromatic ring is 1. The second-order valence-electron chi connectivity index (χ2n) is 5.56. The van der Waals surface area contributed by atoms with E-state index in [0.717, 1.165) is 0 Å². The van der Waals surface area contributed by atoms with Gasteiger partial charge in [-0.05, 0) is 18.1 Å². The minimum Gasteiger partial charge on any atom is -0.778 e. The summed E-state index contributed by atoms with van der Waals surface area (Å²) in [4.78, 5) is 36.7. The van der Waals surface area contributed by atoms with E-state index >= 15 is 0 Å². The fourth-order valence-electron chi connectivity index (χ4n) is 2.51. The number of nitrogens with zero attached hydrogens (tertiary/aromatic N) is 2. The second kappa shape index (κ2) is 9.64. The molecule has 1 heterocycles. The van der Waals surface area contributed by atoms with E-state index in [4.69, 9.17) is 5.73 Å². The van der Waals surface area contributed by atoms with Crippen molar-refractivity contribution in [2.45, 2.75) is 18.6 Å². The number of aliphatic hydroxyl groups excluding tert-OH is 1. The Hall–Kier alpha value is -0.990. The van der Waals surface area contributed by atoms with Gasteiger partial charge in [0.2, 0.25) is 0 Å². The summed E-state index contributed by atoms with van der Waals surface area (Å²) in [6, 6.07) is 9.69. The molecule has 0 amide bonds. The van der Waals surface area contributed by atoms with Crippen molar-refractivity contribution >= 4 is 13.4 Å². The molecule has 1 aromatic heterocycles. The number of benzene rings is 1. The number of anilines is 1. The molecular weight excluding hydrogens is 356 g/mol. The molecule has 3 unspecified atom stereocenters. The van der Waals surface area contributed by atoms with Crippen molar-refractivity contribution < 1.29 is 49.0 Å². The van der Waals surface area contributed by atoms with Crippen LogP contribution in [0.4, 0.5) is 5.82 Å². The quantitative estimate of drug-likeness (QED) is 0.348. The van der Waals surface area contributed by atoms with E-state index in [-0.39, 0.29) is 54.9 Å². The van der Waals surface area contributed by atoms with E-state index in [1.54, 1.807) is 30.3 Å². The van der Waals surface area contributed by atoms with Crippen LogP contribution in [0.5, 0.6) is 0 Å². The van der Waals surface area contributed by atoms with Gasteiger partial charge in [-0.25, -0.2) is 4.79 Å². The summed E-state index contributed by atoms with van der Waals surface area (Å²) in [6.45, 7) is -0.286. The van der Waals surface area contributed by atoms with Crippen LogP contribution in [0.1, 0.15) is 17.6 Å². The minimum absolute atomic E-state index is 0. The minimum atomic E-state index is -4.67. The van der Waals surface area contributed by atoms with Crippen LogP contribution in [0.25, 0.3) is 0 Å². The fraction of sp³-hybridized carbons (Fsp3) is 0.333. The average Bonchev–Trinajstić information content (AvgIpc) is 2.53. The van der Waals surface area contributed by atoms with Crippen LogP contribution >= 0.6 is 7.60 Å². The second-order valence-corrected chi connectivity index (χ2v) is 7.31. The van der Waals surface area contributed by atoms with Gasteiger partial charge in [0.25, 0.3) is 0 Å². The topological polar surface area (TPSA) is 142 Å². The molecule has 10 heteroatoms. The molecule has 8 nitrogen and oxygen atoms in total. The molecule has 2 rings (SSSR count). The molecule has 0 saturated carbocycles. The monoisotopic (exact) mass is 375 g/mol. The van der Waals surface area contributed by atoms with Crippen LogP contribution in [0.3, 0.4) is 0 Å². The summed E-state index contributed by atoms with van der Waals surface area (Å²) in [5, 5.41) is 9.56. The number of rotatable bonds is 7. The first kappa shape index (κ1) is 22.1. The zero-order valence-corrected chi connectivity index (χ0v) is 16.8. The maximum atomic E-state index is 11.8. The number of aliphatic hydroxyl groups is 1. The van der Waals surface area contributed by atoms with Crippen molar-refractivity contribution in [2.24, 2.45) is 5.92 Å². The summed E-state index contributed by atoms with van der Waals surface area (Å²) >= 11 is 0. The van der Waals surface area contributed by atoms with Crippen molar-refractivity contribution in [1.29, 1.82) is 0 Å². The fourth-order valence-corrected chi connectivity index (χ4v) is 3.63. The molecular formula is C15H19N3NaO5P. The van der Waals surface area contributed by atoms with Gasteiger partial charge in [-0.2, -0.15) is 4.98 Å². The summed E-state index contributed by atoms with van der Waals surface area (Å²) in [5.41, 5.74) is 4.11. The van der Waals surface area contributed by atoms with E-state index in [0.29, 0.717) is 5.56 Å². The average molecular weight is 375 g/mol. The molecule has 0 aliphatic carbocycles. The molecule has 0 radical (unpaired) electrons. The summed E-state index contributed by atoms with van der Waals surface area (Å²) in [6.07, 6.45) is 1.40. The molecule has 0 spiro atoms.